The molecule has 0 aromatic heterocycles. The maximum atomic E-state index is 11.6. The zero-order valence-electron chi connectivity index (χ0n) is 13.0. The normalized spacial score (nSPS) is 10.6. The molecule has 0 aliphatic rings. The Morgan fingerprint density at radius 3 is 1.91 bits per heavy atom. The second-order valence-corrected chi connectivity index (χ2v) is 5.26. The SMILES string of the molecule is CCOC(=O)CNC(Cc1ccccc1)Cc1ccccc1. The number of esters is 1. The first-order valence-electron chi connectivity index (χ1n) is 7.74. The van der Waals surface area contributed by atoms with E-state index < -0.39 is 0 Å². The second kappa shape index (κ2) is 9.00. The fourth-order valence-electron chi connectivity index (χ4n) is 2.45. The van der Waals surface area contributed by atoms with Gasteiger partial charge in [-0.05, 0) is 30.9 Å². The van der Waals surface area contributed by atoms with Crippen molar-refractivity contribution < 1.29 is 9.53 Å². The molecule has 3 nitrogen and oxygen atoms in total. The molecule has 1 N–H and O–H groups in total. The molecule has 0 spiro atoms. The fraction of sp³-hybridized carbons (Fsp3) is 0.316. The van der Waals surface area contributed by atoms with Crippen LogP contribution in [0.2, 0.25) is 0 Å². The molecule has 0 aliphatic heterocycles. The molecule has 3 heteroatoms. The summed E-state index contributed by atoms with van der Waals surface area (Å²) in [5.74, 6) is -0.200. The van der Waals surface area contributed by atoms with Crippen molar-refractivity contribution in [2.75, 3.05) is 13.2 Å². The van der Waals surface area contributed by atoms with Gasteiger partial charge in [0.25, 0.3) is 0 Å². The molecule has 2 aromatic rings. The third-order valence-electron chi connectivity index (χ3n) is 3.49. The van der Waals surface area contributed by atoms with Crippen molar-refractivity contribution in [1.29, 1.82) is 0 Å². The van der Waals surface area contributed by atoms with Crippen LogP contribution in [0.5, 0.6) is 0 Å². The van der Waals surface area contributed by atoms with E-state index in [0.717, 1.165) is 12.8 Å². The molecule has 0 bridgehead atoms. The summed E-state index contributed by atoms with van der Waals surface area (Å²) in [7, 11) is 0. The molecule has 2 aromatic carbocycles. The zero-order valence-corrected chi connectivity index (χ0v) is 13.0. The van der Waals surface area contributed by atoms with Crippen molar-refractivity contribution in [3.8, 4) is 0 Å². The molecule has 0 radical (unpaired) electrons. The average molecular weight is 297 g/mol. The van der Waals surface area contributed by atoms with E-state index in [-0.39, 0.29) is 18.6 Å². The first kappa shape index (κ1) is 16.2. The molecule has 0 amide bonds. The monoisotopic (exact) mass is 297 g/mol. The largest absolute Gasteiger partial charge is 0.465 e. The molecule has 0 atom stereocenters. The summed E-state index contributed by atoms with van der Waals surface area (Å²) in [6.45, 7) is 2.49. The van der Waals surface area contributed by atoms with Crippen molar-refractivity contribution in [3.05, 3.63) is 71.8 Å². The van der Waals surface area contributed by atoms with E-state index in [1.165, 1.54) is 11.1 Å². The highest BCUT2D eigenvalue weighted by Crippen LogP contribution is 2.09. The van der Waals surface area contributed by atoms with Crippen LogP contribution in [0.25, 0.3) is 0 Å². The number of hydrogen-bond donors (Lipinski definition) is 1. The van der Waals surface area contributed by atoms with Gasteiger partial charge >= 0.3 is 5.97 Å². The van der Waals surface area contributed by atoms with Crippen molar-refractivity contribution >= 4 is 5.97 Å². The van der Waals surface area contributed by atoms with Crippen LogP contribution in [-0.2, 0) is 22.4 Å². The Morgan fingerprint density at radius 2 is 1.45 bits per heavy atom. The lowest BCUT2D eigenvalue weighted by Crippen LogP contribution is -2.37. The van der Waals surface area contributed by atoms with Gasteiger partial charge in [-0.1, -0.05) is 60.7 Å². The van der Waals surface area contributed by atoms with Crippen LogP contribution in [0, 0.1) is 0 Å². The van der Waals surface area contributed by atoms with E-state index in [2.05, 4.69) is 29.6 Å². The first-order chi connectivity index (χ1) is 10.8. The summed E-state index contributed by atoms with van der Waals surface area (Å²) >= 11 is 0. The van der Waals surface area contributed by atoms with Gasteiger partial charge in [-0.25, -0.2) is 0 Å². The molecular formula is C19H23NO2. The van der Waals surface area contributed by atoms with Gasteiger partial charge < -0.3 is 10.1 Å². The summed E-state index contributed by atoms with van der Waals surface area (Å²) in [6, 6.07) is 20.9. The molecule has 0 fully saturated rings. The van der Waals surface area contributed by atoms with Gasteiger partial charge in [-0.2, -0.15) is 0 Å². The third-order valence-corrected chi connectivity index (χ3v) is 3.49. The highest BCUT2D eigenvalue weighted by atomic mass is 16.5. The summed E-state index contributed by atoms with van der Waals surface area (Å²) < 4.78 is 4.99. The van der Waals surface area contributed by atoms with Gasteiger partial charge in [0.15, 0.2) is 0 Å². The highest BCUT2D eigenvalue weighted by Gasteiger charge is 2.12. The quantitative estimate of drug-likeness (QED) is 0.761. The summed E-state index contributed by atoms with van der Waals surface area (Å²) in [4.78, 5) is 11.6. The van der Waals surface area contributed by atoms with E-state index in [9.17, 15) is 4.79 Å². The number of rotatable bonds is 8. The van der Waals surface area contributed by atoms with Gasteiger partial charge in [-0.3, -0.25) is 4.79 Å². The summed E-state index contributed by atoms with van der Waals surface area (Å²) in [5, 5.41) is 3.33. The van der Waals surface area contributed by atoms with Crippen molar-refractivity contribution in [1.82, 2.24) is 5.32 Å². The standard InChI is InChI=1S/C19H23NO2/c1-2-22-19(21)15-20-18(13-16-9-5-3-6-10-16)14-17-11-7-4-8-12-17/h3-12,18,20H,2,13-15H2,1H3. The predicted octanol–water partition coefficient (Wildman–Crippen LogP) is 2.99. The zero-order chi connectivity index (χ0) is 15.6. The van der Waals surface area contributed by atoms with Gasteiger partial charge in [0.1, 0.15) is 0 Å². The Hall–Kier alpha value is -2.13. The third kappa shape index (κ3) is 5.70. The lowest BCUT2D eigenvalue weighted by atomic mass is 9.99. The van der Waals surface area contributed by atoms with E-state index in [4.69, 9.17) is 4.74 Å². The van der Waals surface area contributed by atoms with Crippen LogP contribution in [0.3, 0.4) is 0 Å². The molecule has 0 aliphatic carbocycles. The van der Waals surface area contributed by atoms with E-state index in [0.29, 0.717) is 6.61 Å². The van der Waals surface area contributed by atoms with Crippen LogP contribution in [0.1, 0.15) is 18.1 Å². The van der Waals surface area contributed by atoms with Crippen molar-refractivity contribution in [2.45, 2.75) is 25.8 Å². The van der Waals surface area contributed by atoms with E-state index in [1.54, 1.807) is 0 Å². The number of carbonyl (C=O) groups is 1. The van der Waals surface area contributed by atoms with Gasteiger partial charge in [-0.15, -0.1) is 0 Å². The van der Waals surface area contributed by atoms with Gasteiger partial charge in [0.2, 0.25) is 0 Å². The number of nitrogens with one attached hydrogen (secondary N) is 1. The number of ether oxygens (including phenoxy) is 1. The Morgan fingerprint density at radius 1 is 0.955 bits per heavy atom. The van der Waals surface area contributed by atoms with Crippen molar-refractivity contribution in [3.63, 3.8) is 0 Å². The molecule has 0 saturated carbocycles. The second-order valence-electron chi connectivity index (χ2n) is 5.26. The minimum atomic E-state index is -0.200. The number of benzene rings is 2. The van der Waals surface area contributed by atoms with Crippen LogP contribution < -0.4 is 5.32 Å². The summed E-state index contributed by atoms with van der Waals surface area (Å²) in [5.41, 5.74) is 2.53. The molecule has 2 rings (SSSR count). The topological polar surface area (TPSA) is 38.3 Å². The lowest BCUT2D eigenvalue weighted by molar-refractivity contribution is -0.142. The number of hydrogen-bond acceptors (Lipinski definition) is 3. The highest BCUT2D eigenvalue weighted by molar-refractivity contribution is 5.71. The van der Waals surface area contributed by atoms with Gasteiger partial charge in [0, 0.05) is 6.04 Å². The molecule has 0 saturated heterocycles. The first-order valence-corrected chi connectivity index (χ1v) is 7.74. The smallest absolute Gasteiger partial charge is 0.319 e. The Bertz CT molecular complexity index is 513. The molecule has 0 heterocycles. The van der Waals surface area contributed by atoms with Crippen molar-refractivity contribution in [2.24, 2.45) is 0 Å². The van der Waals surface area contributed by atoms with Crippen LogP contribution in [0.4, 0.5) is 0 Å². The van der Waals surface area contributed by atoms with Crippen LogP contribution in [0.15, 0.2) is 60.7 Å². The molecule has 22 heavy (non-hydrogen) atoms. The Kier molecular flexibility index (Phi) is 6.65. The fourth-order valence-corrected chi connectivity index (χ4v) is 2.45. The van der Waals surface area contributed by atoms with Crippen LogP contribution in [-0.4, -0.2) is 25.2 Å². The maximum Gasteiger partial charge on any atom is 0.319 e. The molecular weight excluding hydrogens is 274 g/mol. The lowest BCUT2D eigenvalue weighted by Gasteiger charge is -2.18. The maximum absolute atomic E-state index is 11.6. The number of carbonyl (C=O) groups excluding carboxylic acids is 1. The average Bonchev–Trinajstić information content (AvgIpc) is 2.55. The van der Waals surface area contributed by atoms with Gasteiger partial charge in [0.05, 0.1) is 13.2 Å². The van der Waals surface area contributed by atoms with Crippen LogP contribution >= 0.6 is 0 Å². The van der Waals surface area contributed by atoms with E-state index in [1.807, 2.05) is 43.3 Å². The molecule has 0 unspecified atom stereocenters. The van der Waals surface area contributed by atoms with E-state index >= 15 is 0 Å². The minimum Gasteiger partial charge on any atom is -0.465 e. The minimum absolute atomic E-state index is 0.200. The predicted molar refractivity (Wildman–Crippen MR) is 88.7 cm³/mol. The Labute approximate surface area is 132 Å². The molecule has 116 valence electrons. The Balaban J connectivity index is 1.98. The summed E-state index contributed by atoms with van der Waals surface area (Å²) in [6.07, 6.45) is 1.77.